The molecule has 0 aliphatic heterocycles. The highest BCUT2D eigenvalue weighted by atomic mass is 32.2. The Morgan fingerprint density at radius 3 is 2.35 bits per heavy atom. The molecule has 0 fully saturated rings. The first kappa shape index (κ1) is 14.6. The van der Waals surface area contributed by atoms with Gasteiger partial charge in [-0.1, -0.05) is 36.4 Å². The van der Waals surface area contributed by atoms with Crippen LogP contribution >= 0.6 is 0 Å². The molecule has 1 aromatic heterocycles. The van der Waals surface area contributed by atoms with E-state index < -0.39 is 10.0 Å². The van der Waals surface area contributed by atoms with Gasteiger partial charge in [0.2, 0.25) is 0 Å². The van der Waals surface area contributed by atoms with Gasteiger partial charge in [0.1, 0.15) is 0 Å². The van der Waals surface area contributed by atoms with Gasteiger partial charge in [-0.25, -0.2) is 13.4 Å². The highest BCUT2D eigenvalue weighted by Gasteiger charge is 2.22. The van der Waals surface area contributed by atoms with Gasteiger partial charge in [0.25, 0.3) is 10.0 Å². The van der Waals surface area contributed by atoms with Crippen molar-refractivity contribution < 1.29 is 8.42 Å². The Hall–Kier alpha value is -1.76. The number of sulfonamides is 1. The average Bonchev–Trinajstić information content (AvgIpc) is 2.48. The Bertz CT molecular complexity index is 655. The molecule has 1 heterocycles. The molecule has 0 aliphatic carbocycles. The van der Waals surface area contributed by atoms with E-state index in [1.807, 2.05) is 30.3 Å². The lowest BCUT2D eigenvalue weighted by molar-refractivity contribution is 0.464. The van der Waals surface area contributed by atoms with Crippen molar-refractivity contribution >= 4 is 10.0 Å². The van der Waals surface area contributed by atoms with E-state index >= 15 is 0 Å². The van der Waals surface area contributed by atoms with Crippen LogP contribution in [0, 0.1) is 0 Å². The van der Waals surface area contributed by atoms with Crippen LogP contribution in [0.4, 0.5) is 0 Å². The summed E-state index contributed by atoms with van der Waals surface area (Å²) in [5.41, 5.74) is 7.20. The lowest BCUT2D eigenvalue weighted by atomic mass is 10.2. The van der Waals surface area contributed by atoms with Crippen molar-refractivity contribution in [3.8, 4) is 0 Å². The second-order valence-corrected chi connectivity index (χ2v) is 6.45. The van der Waals surface area contributed by atoms with Gasteiger partial charge in [-0.3, -0.25) is 0 Å². The van der Waals surface area contributed by atoms with Gasteiger partial charge in [-0.15, -0.1) is 0 Å². The number of rotatable bonds is 5. The molecular formula is C14H17N3O2S. The maximum Gasteiger partial charge on any atom is 0.260 e. The topological polar surface area (TPSA) is 76.3 Å². The molecule has 2 N–H and O–H groups in total. The molecule has 1 aromatic carbocycles. The number of benzene rings is 1. The first-order valence-electron chi connectivity index (χ1n) is 6.19. The van der Waals surface area contributed by atoms with Crippen LogP contribution in [0.25, 0.3) is 0 Å². The molecule has 5 nitrogen and oxygen atoms in total. The Balaban J connectivity index is 2.20. The summed E-state index contributed by atoms with van der Waals surface area (Å²) in [6.07, 6.45) is 1.49. The zero-order valence-electron chi connectivity index (χ0n) is 11.2. The Morgan fingerprint density at radius 2 is 1.80 bits per heavy atom. The second kappa shape index (κ2) is 6.13. The Labute approximate surface area is 119 Å². The summed E-state index contributed by atoms with van der Waals surface area (Å²) in [4.78, 5) is 3.97. The molecule has 0 unspecified atom stereocenters. The summed E-state index contributed by atoms with van der Waals surface area (Å²) in [5.74, 6) is 0. The summed E-state index contributed by atoms with van der Waals surface area (Å²) >= 11 is 0. The van der Waals surface area contributed by atoms with E-state index in [2.05, 4.69) is 4.98 Å². The molecule has 2 rings (SSSR count). The average molecular weight is 291 g/mol. The third-order valence-electron chi connectivity index (χ3n) is 2.96. The van der Waals surface area contributed by atoms with E-state index in [1.54, 1.807) is 13.1 Å². The van der Waals surface area contributed by atoms with Crippen LogP contribution in [0.15, 0.2) is 53.7 Å². The van der Waals surface area contributed by atoms with Gasteiger partial charge in [-0.2, -0.15) is 4.31 Å². The lowest BCUT2D eigenvalue weighted by Gasteiger charge is -2.16. The van der Waals surface area contributed by atoms with Crippen molar-refractivity contribution in [2.45, 2.75) is 18.1 Å². The van der Waals surface area contributed by atoms with Gasteiger partial charge in [0.15, 0.2) is 5.03 Å². The van der Waals surface area contributed by atoms with Crippen molar-refractivity contribution in [1.82, 2.24) is 9.29 Å². The van der Waals surface area contributed by atoms with Gasteiger partial charge in [0.05, 0.1) is 0 Å². The molecule has 0 amide bonds. The number of pyridine rings is 1. The highest BCUT2D eigenvalue weighted by Crippen LogP contribution is 2.14. The fourth-order valence-corrected chi connectivity index (χ4v) is 2.83. The molecule has 0 saturated carbocycles. The van der Waals surface area contributed by atoms with E-state index in [0.717, 1.165) is 11.1 Å². The maximum absolute atomic E-state index is 12.4. The van der Waals surface area contributed by atoms with Crippen molar-refractivity contribution in [1.29, 1.82) is 0 Å². The van der Waals surface area contributed by atoms with Gasteiger partial charge < -0.3 is 5.73 Å². The molecule has 0 bridgehead atoms. The number of nitrogens with zero attached hydrogens (tertiary/aromatic N) is 2. The van der Waals surface area contributed by atoms with Crippen LogP contribution in [0.2, 0.25) is 0 Å². The Morgan fingerprint density at radius 1 is 1.10 bits per heavy atom. The number of nitrogens with two attached hydrogens (primary N) is 1. The first-order valence-corrected chi connectivity index (χ1v) is 7.63. The lowest BCUT2D eigenvalue weighted by Crippen LogP contribution is -2.27. The molecule has 6 heteroatoms. The van der Waals surface area contributed by atoms with Crippen molar-refractivity contribution in [2.24, 2.45) is 5.73 Å². The molecule has 0 spiro atoms. The summed E-state index contributed by atoms with van der Waals surface area (Å²) in [6, 6.07) is 12.6. The monoisotopic (exact) mass is 291 g/mol. The minimum Gasteiger partial charge on any atom is -0.326 e. The summed E-state index contributed by atoms with van der Waals surface area (Å²) in [5, 5.41) is 0.0353. The molecule has 20 heavy (non-hydrogen) atoms. The van der Waals surface area contributed by atoms with Crippen molar-refractivity contribution in [3.05, 3.63) is 59.8 Å². The van der Waals surface area contributed by atoms with E-state index in [1.165, 1.54) is 16.6 Å². The summed E-state index contributed by atoms with van der Waals surface area (Å²) in [6.45, 7) is 0.649. The predicted octanol–water partition coefficient (Wildman–Crippen LogP) is 1.36. The highest BCUT2D eigenvalue weighted by molar-refractivity contribution is 7.89. The van der Waals surface area contributed by atoms with Crippen LogP contribution in [0.5, 0.6) is 0 Å². The molecular weight excluding hydrogens is 274 g/mol. The zero-order valence-corrected chi connectivity index (χ0v) is 12.0. The minimum absolute atomic E-state index is 0.0353. The predicted molar refractivity (Wildman–Crippen MR) is 77.2 cm³/mol. The molecule has 0 saturated heterocycles. The fraction of sp³-hybridized carbons (Fsp3) is 0.214. The van der Waals surface area contributed by atoms with Crippen LogP contribution in [-0.2, 0) is 23.1 Å². The molecule has 2 aromatic rings. The maximum atomic E-state index is 12.4. The fourth-order valence-electron chi connectivity index (χ4n) is 1.77. The zero-order chi connectivity index (χ0) is 14.6. The molecule has 0 radical (unpaired) electrons. The Kier molecular flexibility index (Phi) is 4.49. The van der Waals surface area contributed by atoms with E-state index in [-0.39, 0.29) is 5.03 Å². The largest absolute Gasteiger partial charge is 0.326 e. The van der Waals surface area contributed by atoms with E-state index in [9.17, 15) is 8.42 Å². The summed E-state index contributed by atoms with van der Waals surface area (Å²) in [7, 11) is -2.04. The van der Waals surface area contributed by atoms with Crippen LogP contribution in [0.1, 0.15) is 11.1 Å². The van der Waals surface area contributed by atoms with E-state index in [0.29, 0.717) is 13.1 Å². The smallest absolute Gasteiger partial charge is 0.260 e. The van der Waals surface area contributed by atoms with Gasteiger partial charge in [0, 0.05) is 26.3 Å². The third kappa shape index (κ3) is 3.22. The number of aromatic nitrogens is 1. The standard InChI is InChI=1S/C14H17N3O2S/c1-17(11-12-5-3-2-4-6-12)20(18,19)14-8-7-13(9-15)10-16-14/h2-8,10H,9,11,15H2,1H3. The van der Waals surface area contributed by atoms with Crippen LogP contribution in [0.3, 0.4) is 0 Å². The SMILES string of the molecule is CN(Cc1ccccc1)S(=O)(=O)c1ccc(CN)cn1. The first-order chi connectivity index (χ1) is 9.54. The summed E-state index contributed by atoms with van der Waals surface area (Å²) < 4.78 is 26.0. The molecule has 106 valence electrons. The van der Waals surface area contributed by atoms with Crippen LogP contribution in [-0.4, -0.2) is 24.8 Å². The van der Waals surface area contributed by atoms with E-state index in [4.69, 9.17) is 5.73 Å². The number of hydrogen-bond donors (Lipinski definition) is 1. The van der Waals surface area contributed by atoms with Crippen LogP contribution < -0.4 is 5.73 Å². The normalized spacial score (nSPS) is 11.8. The van der Waals surface area contributed by atoms with Gasteiger partial charge in [-0.05, 0) is 17.2 Å². The second-order valence-electron chi connectivity index (χ2n) is 4.46. The molecule has 0 aliphatic rings. The van der Waals surface area contributed by atoms with Gasteiger partial charge >= 0.3 is 0 Å². The van der Waals surface area contributed by atoms with Crippen molar-refractivity contribution in [2.75, 3.05) is 7.05 Å². The van der Waals surface area contributed by atoms with Crippen molar-refractivity contribution in [3.63, 3.8) is 0 Å². The molecule has 0 atom stereocenters. The third-order valence-corrected chi connectivity index (χ3v) is 4.68. The minimum atomic E-state index is -3.58. The quantitative estimate of drug-likeness (QED) is 0.902. The number of hydrogen-bond acceptors (Lipinski definition) is 4.